The van der Waals surface area contributed by atoms with Gasteiger partial charge in [-0.3, -0.25) is 0 Å². The van der Waals surface area contributed by atoms with Crippen molar-refractivity contribution >= 4 is 33.1 Å². The van der Waals surface area contributed by atoms with Crippen molar-refractivity contribution < 1.29 is 18.9 Å². The summed E-state index contributed by atoms with van der Waals surface area (Å²) in [5.74, 6) is 2.87. The number of benzene rings is 4. The number of rotatable bonds is 4. The number of hydrogen-bond acceptors (Lipinski definition) is 4. The van der Waals surface area contributed by atoms with Gasteiger partial charge in [-0.2, -0.15) is 0 Å². The summed E-state index contributed by atoms with van der Waals surface area (Å²) < 4.78 is 21.9. The molecule has 0 radical (unpaired) electrons. The third-order valence-electron chi connectivity index (χ3n) is 6.13. The molecule has 158 valence electrons. The summed E-state index contributed by atoms with van der Waals surface area (Å²) in [6.45, 7) is 0. The van der Waals surface area contributed by atoms with Crippen molar-refractivity contribution in [2.75, 3.05) is 28.4 Å². The second kappa shape index (κ2) is 7.54. The predicted octanol–water partition coefficient (Wildman–Crippen LogP) is 6.26. The SMILES string of the molecule is COc1cc2cc3c(cc2cc1OC)C(Cl)c1cc2cc(OC)c(OC)cc2cc1C3. The Kier molecular flexibility index (Phi) is 4.82. The summed E-state index contributed by atoms with van der Waals surface area (Å²) in [6.07, 6.45) is 0.822. The maximum absolute atomic E-state index is 7.03. The van der Waals surface area contributed by atoms with E-state index in [9.17, 15) is 0 Å². The van der Waals surface area contributed by atoms with Crippen molar-refractivity contribution in [1.82, 2.24) is 0 Å². The zero-order chi connectivity index (χ0) is 21.7. The third-order valence-corrected chi connectivity index (χ3v) is 6.60. The molecule has 0 bridgehead atoms. The van der Waals surface area contributed by atoms with Crippen molar-refractivity contribution in [3.8, 4) is 23.0 Å². The molecule has 0 N–H and O–H groups in total. The van der Waals surface area contributed by atoms with E-state index in [1.165, 1.54) is 11.1 Å². The van der Waals surface area contributed by atoms with Gasteiger partial charge in [0.25, 0.3) is 0 Å². The van der Waals surface area contributed by atoms with E-state index in [1.807, 2.05) is 24.3 Å². The summed E-state index contributed by atoms with van der Waals surface area (Å²) in [7, 11) is 6.61. The van der Waals surface area contributed by atoms with Gasteiger partial charge in [-0.25, -0.2) is 0 Å². The topological polar surface area (TPSA) is 36.9 Å². The highest BCUT2D eigenvalue weighted by Gasteiger charge is 2.25. The predicted molar refractivity (Wildman–Crippen MR) is 125 cm³/mol. The lowest BCUT2D eigenvalue weighted by molar-refractivity contribution is 0.356. The van der Waals surface area contributed by atoms with Gasteiger partial charge in [-0.15, -0.1) is 11.6 Å². The van der Waals surface area contributed by atoms with Crippen LogP contribution in [0.1, 0.15) is 27.6 Å². The van der Waals surface area contributed by atoms with Crippen LogP contribution in [-0.4, -0.2) is 28.4 Å². The molecule has 0 unspecified atom stereocenters. The first-order valence-corrected chi connectivity index (χ1v) is 10.5. The van der Waals surface area contributed by atoms with Gasteiger partial charge in [0.2, 0.25) is 0 Å². The molecule has 4 aromatic carbocycles. The molecule has 0 amide bonds. The van der Waals surface area contributed by atoms with Crippen molar-refractivity contribution in [1.29, 1.82) is 0 Å². The van der Waals surface area contributed by atoms with Crippen LogP contribution in [0.3, 0.4) is 0 Å². The first-order valence-electron chi connectivity index (χ1n) is 10.1. The molecule has 1 aliphatic carbocycles. The van der Waals surface area contributed by atoms with Crippen LogP contribution in [0.15, 0.2) is 48.5 Å². The number of alkyl halides is 1. The molecule has 31 heavy (non-hydrogen) atoms. The van der Waals surface area contributed by atoms with E-state index in [4.69, 9.17) is 30.5 Å². The highest BCUT2D eigenvalue weighted by atomic mass is 35.5. The van der Waals surface area contributed by atoms with Crippen LogP contribution in [0, 0.1) is 0 Å². The van der Waals surface area contributed by atoms with Crippen molar-refractivity contribution in [3.63, 3.8) is 0 Å². The van der Waals surface area contributed by atoms with Crippen molar-refractivity contribution in [2.24, 2.45) is 0 Å². The molecule has 0 saturated carbocycles. The van der Waals surface area contributed by atoms with E-state index in [2.05, 4.69) is 24.3 Å². The molecule has 0 fully saturated rings. The van der Waals surface area contributed by atoms with E-state index in [0.717, 1.165) is 50.6 Å². The molecule has 4 aromatic rings. The van der Waals surface area contributed by atoms with E-state index < -0.39 is 0 Å². The highest BCUT2D eigenvalue weighted by Crippen LogP contribution is 2.44. The zero-order valence-electron chi connectivity index (χ0n) is 17.9. The van der Waals surface area contributed by atoms with E-state index in [-0.39, 0.29) is 5.38 Å². The number of methoxy groups -OCH3 is 4. The van der Waals surface area contributed by atoms with Crippen LogP contribution in [0.5, 0.6) is 23.0 Å². The lowest BCUT2D eigenvalue weighted by Crippen LogP contribution is -2.10. The van der Waals surface area contributed by atoms with Gasteiger partial charge in [-0.05, 0) is 86.6 Å². The number of ether oxygens (including phenoxy) is 4. The van der Waals surface area contributed by atoms with Gasteiger partial charge in [0.1, 0.15) is 0 Å². The minimum atomic E-state index is -0.228. The van der Waals surface area contributed by atoms with E-state index in [1.54, 1.807) is 28.4 Å². The third kappa shape index (κ3) is 3.14. The molecule has 0 heterocycles. The molecule has 0 atom stereocenters. The average molecular weight is 435 g/mol. The highest BCUT2D eigenvalue weighted by molar-refractivity contribution is 6.23. The molecule has 5 heteroatoms. The summed E-state index contributed by atoms with van der Waals surface area (Å²) in [5, 5.41) is 4.15. The standard InChI is InChI=1S/C26H23ClO4/c1-28-22-10-14-5-18-7-19-6-15-11-23(29-2)25(31-4)13-17(15)9-21(19)26(27)20(18)8-16(14)12-24(22)30-3/h5-6,8-13,26H,7H2,1-4H3. The minimum absolute atomic E-state index is 0.228. The van der Waals surface area contributed by atoms with Gasteiger partial charge >= 0.3 is 0 Å². The quantitative estimate of drug-likeness (QED) is 0.355. The Morgan fingerprint density at radius 3 is 1.19 bits per heavy atom. The van der Waals surface area contributed by atoms with Crippen LogP contribution < -0.4 is 18.9 Å². The van der Waals surface area contributed by atoms with Crippen LogP contribution in [0.25, 0.3) is 21.5 Å². The Hall–Kier alpha value is -3.11. The lowest BCUT2D eigenvalue weighted by atomic mass is 9.83. The zero-order valence-corrected chi connectivity index (χ0v) is 18.7. The van der Waals surface area contributed by atoms with E-state index in [0.29, 0.717) is 11.5 Å². The fourth-order valence-electron chi connectivity index (χ4n) is 4.53. The maximum Gasteiger partial charge on any atom is 0.161 e. The molecule has 0 aromatic heterocycles. The molecule has 4 nitrogen and oxygen atoms in total. The fraction of sp³-hybridized carbons (Fsp3) is 0.231. The normalized spacial score (nSPS) is 13.1. The number of halogens is 1. The smallest absolute Gasteiger partial charge is 0.161 e. The van der Waals surface area contributed by atoms with E-state index >= 15 is 0 Å². The Morgan fingerprint density at radius 1 is 0.548 bits per heavy atom. The summed E-state index contributed by atoms with van der Waals surface area (Å²) in [4.78, 5) is 0. The van der Waals surface area contributed by atoms with Gasteiger partial charge in [-0.1, -0.05) is 12.1 Å². The molecule has 1 aliphatic rings. The Balaban J connectivity index is 1.67. The second-order valence-corrected chi connectivity index (χ2v) is 8.19. The van der Waals surface area contributed by atoms with Crippen LogP contribution in [0.2, 0.25) is 0 Å². The van der Waals surface area contributed by atoms with Crippen LogP contribution in [-0.2, 0) is 6.42 Å². The summed E-state index contributed by atoms with van der Waals surface area (Å²) >= 11 is 7.03. The molecule has 0 spiro atoms. The first kappa shape index (κ1) is 19.8. The van der Waals surface area contributed by atoms with Crippen molar-refractivity contribution in [3.05, 3.63) is 70.8 Å². The minimum Gasteiger partial charge on any atom is -0.493 e. The maximum atomic E-state index is 7.03. The first-order chi connectivity index (χ1) is 15.1. The second-order valence-electron chi connectivity index (χ2n) is 7.75. The number of fused-ring (bicyclic) bond motifs is 4. The number of hydrogen-bond donors (Lipinski definition) is 0. The molecular weight excluding hydrogens is 412 g/mol. The molecule has 0 saturated heterocycles. The van der Waals surface area contributed by atoms with Crippen LogP contribution in [0.4, 0.5) is 0 Å². The van der Waals surface area contributed by atoms with Gasteiger partial charge in [0, 0.05) is 0 Å². The Labute approximate surface area is 186 Å². The van der Waals surface area contributed by atoms with Crippen molar-refractivity contribution in [2.45, 2.75) is 11.8 Å². The monoisotopic (exact) mass is 434 g/mol. The van der Waals surface area contributed by atoms with Gasteiger partial charge in [0.05, 0.1) is 33.8 Å². The summed E-state index contributed by atoms with van der Waals surface area (Å²) in [5.41, 5.74) is 4.72. The van der Waals surface area contributed by atoms with Gasteiger partial charge < -0.3 is 18.9 Å². The van der Waals surface area contributed by atoms with Crippen LogP contribution >= 0.6 is 11.6 Å². The lowest BCUT2D eigenvalue weighted by Gasteiger charge is -2.26. The average Bonchev–Trinajstić information content (AvgIpc) is 2.80. The largest absolute Gasteiger partial charge is 0.493 e. The summed E-state index contributed by atoms with van der Waals surface area (Å²) in [6, 6.07) is 16.8. The Morgan fingerprint density at radius 2 is 0.871 bits per heavy atom. The fourth-order valence-corrected chi connectivity index (χ4v) is 4.94. The molecule has 0 aliphatic heterocycles. The Bertz CT molecular complexity index is 1230. The molecule has 5 rings (SSSR count). The molecular formula is C26H23ClO4. The van der Waals surface area contributed by atoms with Gasteiger partial charge in [0.15, 0.2) is 23.0 Å².